The summed E-state index contributed by atoms with van der Waals surface area (Å²) in [6.07, 6.45) is 4.51. The van der Waals surface area contributed by atoms with Gasteiger partial charge in [0.1, 0.15) is 17.0 Å². The van der Waals surface area contributed by atoms with Gasteiger partial charge >= 0.3 is 0 Å². The van der Waals surface area contributed by atoms with Crippen molar-refractivity contribution in [1.82, 2.24) is 30.1 Å². The number of hydrogen-bond donors (Lipinski definition) is 2. The number of aromatic amines is 1. The maximum absolute atomic E-state index is 14.1. The molecule has 1 aromatic carbocycles. The van der Waals surface area contributed by atoms with Crippen LogP contribution in [0.5, 0.6) is 0 Å². The van der Waals surface area contributed by atoms with Crippen LogP contribution in [0.4, 0.5) is 4.39 Å². The Labute approximate surface area is 190 Å². The molecule has 1 aliphatic rings. The van der Waals surface area contributed by atoms with E-state index in [0.29, 0.717) is 17.3 Å². The quantitative estimate of drug-likeness (QED) is 0.484. The Morgan fingerprint density at radius 2 is 2.06 bits per heavy atom. The van der Waals surface area contributed by atoms with Crippen molar-refractivity contribution in [2.75, 3.05) is 6.54 Å². The Morgan fingerprint density at radius 3 is 2.85 bits per heavy atom. The SMILES string of the molecule is CC(C)(C)C[C@@H]1C[C@H](c2cc(=O)[nH]c3c(-c4nc(-c5ccccc5F)no4)cnn23)CCN1. The lowest BCUT2D eigenvalue weighted by Crippen LogP contribution is -2.40. The van der Waals surface area contributed by atoms with Crippen LogP contribution < -0.4 is 10.9 Å². The Kier molecular flexibility index (Phi) is 5.36. The summed E-state index contributed by atoms with van der Waals surface area (Å²) < 4.78 is 21.3. The van der Waals surface area contributed by atoms with E-state index in [2.05, 4.69) is 46.3 Å². The number of hydrogen-bond acceptors (Lipinski definition) is 6. The lowest BCUT2D eigenvalue weighted by Gasteiger charge is -2.34. The zero-order chi connectivity index (χ0) is 23.2. The molecule has 5 rings (SSSR count). The second-order valence-electron chi connectivity index (χ2n) is 9.92. The summed E-state index contributed by atoms with van der Waals surface area (Å²) in [5.41, 5.74) is 2.12. The molecule has 172 valence electrons. The topological polar surface area (TPSA) is 101 Å². The van der Waals surface area contributed by atoms with Crippen LogP contribution >= 0.6 is 0 Å². The van der Waals surface area contributed by atoms with E-state index in [-0.39, 0.29) is 34.2 Å². The Hall–Kier alpha value is -3.33. The first-order chi connectivity index (χ1) is 15.8. The molecule has 0 saturated carbocycles. The van der Waals surface area contributed by atoms with Gasteiger partial charge in [0, 0.05) is 18.0 Å². The number of fused-ring (bicyclic) bond motifs is 1. The predicted octanol–water partition coefficient (Wildman–Crippen LogP) is 4.15. The number of halogens is 1. The van der Waals surface area contributed by atoms with Crippen molar-refractivity contribution in [2.24, 2.45) is 5.41 Å². The van der Waals surface area contributed by atoms with E-state index in [1.165, 1.54) is 6.07 Å². The molecule has 4 aromatic rings. The first-order valence-electron chi connectivity index (χ1n) is 11.2. The Bertz CT molecular complexity index is 1350. The summed E-state index contributed by atoms with van der Waals surface area (Å²) in [4.78, 5) is 19.8. The summed E-state index contributed by atoms with van der Waals surface area (Å²) >= 11 is 0. The van der Waals surface area contributed by atoms with Gasteiger partial charge in [0.15, 0.2) is 0 Å². The molecule has 3 aromatic heterocycles. The molecular weight excluding hydrogens is 423 g/mol. The maximum atomic E-state index is 14.1. The van der Waals surface area contributed by atoms with Crippen LogP contribution in [0.15, 0.2) is 45.8 Å². The van der Waals surface area contributed by atoms with Gasteiger partial charge in [-0.05, 0) is 43.4 Å². The zero-order valence-electron chi connectivity index (χ0n) is 18.9. The van der Waals surface area contributed by atoms with Crippen LogP contribution in [0.2, 0.25) is 0 Å². The molecule has 0 radical (unpaired) electrons. The van der Waals surface area contributed by atoms with Crippen molar-refractivity contribution in [2.45, 2.75) is 52.0 Å². The van der Waals surface area contributed by atoms with E-state index in [0.717, 1.165) is 31.5 Å². The highest BCUT2D eigenvalue weighted by Gasteiger charge is 2.29. The third kappa shape index (κ3) is 4.32. The number of rotatable bonds is 4. The summed E-state index contributed by atoms with van der Waals surface area (Å²) in [6, 6.07) is 8.25. The minimum absolute atomic E-state index is 0.143. The fourth-order valence-electron chi connectivity index (χ4n) is 4.71. The van der Waals surface area contributed by atoms with Crippen LogP contribution in [-0.4, -0.2) is 37.3 Å². The van der Waals surface area contributed by atoms with Crippen LogP contribution in [0.25, 0.3) is 28.5 Å². The summed E-state index contributed by atoms with van der Waals surface area (Å²) in [5.74, 6) is 0.0836. The second-order valence-corrected chi connectivity index (χ2v) is 9.92. The molecule has 2 N–H and O–H groups in total. The van der Waals surface area contributed by atoms with Crippen LogP contribution in [-0.2, 0) is 0 Å². The molecule has 1 aliphatic heterocycles. The van der Waals surface area contributed by atoms with Gasteiger partial charge in [-0.15, -0.1) is 0 Å². The van der Waals surface area contributed by atoms with Gasteiger partial charge in [0.25, 0.3) is 11.4 Å². The molecule has 4 heterocycles. The van der Waals surface area contributed by atoms with Crippen molar-refractivity contribution < 1.29 is 8.91 Å². The number of aromatic nitrogens is 5. The van der Waals surface area contributed by atoms with Gasteiger partial charge in [0.05, 0.1) is 17.5 Å². The van der Waals surface area contributed by atoms with Crippen molar-refractivity contribution in [3.63, 3.8) is 0 Å². The summed E-state index contributed by atoms with van der Waals surface area (Å²) in [5, 5.41) is 12.1. The number of benzene rings is 1. The molecule has 0 aliphatic carbocycles. The third-order valence-corrected chi connectivity index (χ3v) is 6.08. The van der Waals surface area contributed by atoms with Crippen LogP contribution in [0.3, 0.4) is 0 Å². The van der Waals surface area contributed by atoms with Gasteiger partial charge < -0.3 is 14.8 Å². The minimum atomic E-state index is -0.434. The monoisotopic (exact) mass is 450 g/mol. The standard InChI is InChI=1S/C24H27FN6O2/c1-24(2,3)12-15-10-14(8-9-26-15)19-11-20(32)28-22-17(13-27-31(19)22)23-29-21(30-33-23)16-6-4-5-7-18(16)25/h4-7,11,13-15,26H,8-10,12H2,1-3H3,(H,28,32)/t14-,15+/m1/s1. The molecule has 33 heavy (non-hydrogen) atoms. The van der Waals surface area contributed by atoms with Crippen molar-refractivity contribution in [3.05, 3.63) is 58.4 Å². The lowest BCUT2D eigenvalue weighted by atomic mass is 9.81. The normalized spacial score (nSPS) is 19.3. The largest absolute Gasteiger partial charge is 0.333 e. The highest BCUT2D eigenvalue weighted by molar-refractivity contribution is 5.72. The molecule has 1 saturated heterocycles. The average Bonchev–Trinajstić information content (AvgIpc) is 3.39. The molecule has 2 atom stereocenters. The molecule has 1 fully saturated rings. The van der Waals surface area contributed by atoms with Crippen LogP contribution in [0, 0.1) is 11.2 Å². The van der Waals surface area contributed by atoms with Gasteiger partial charge in [-0.1, -0.05) is 38.1 Å². The van der Waals surface area contributed by atoms with Crippen molar-refractivity contribution in [3.8, 4) is 22.8 Å². The van der Waals surface area contributed by atoms with Crippen LogP contribution in [0.1, 0.15) is 51.6 Å². The Balaban J connectivity index is 1.51. The van der Waals surface area contributed by atoms with E-state index >= 15 is 0 Å². The number of piperidine rings is 1. The highest BCUT2D eigenvalue weighted by Crippen LogP contribution is 2.33. The first kappa shape index (κ1) is 21.5. The predicted molar refractivity (Wildman–Crippen MR) is 122 cm³/mol. The van der Waals surface area contributed by atoms with Gasteiger partial charge in [-0.3, -0.25) is 4.79 Å². The van der Waals surface area contributed by atoms with Crippen molar-refractivity contribution in [1.29, 1.82) is 0 Å². The summed E-state index contributed by atoms with van der Waals surface area (Å²) in [7, 11) is 0. The molecule has 9 heteroatoms. The van der Waals surface area contributed by atoms with E-state index in [1.807, 2.05) is 0 Å². The highest BCUT2D eigenvalue weighted by atomic mass is 19.1. The second kappa shape index (κ2) is 8.22. The number of nitrogens with zero attached hydrogens (tertiary/aromatic N) is 4. The smallest absolute Gasteiger partial charge is 0.263 e. The number of nitrogens with one attached hydrogen (secondary N) is 2. The third-order valence-electron chi connectivity index (χ3n) is 6.08. The van der Waals surface area contributed by atoms with E-state index in [4.69, 9.17) is 4.52 Å². The summed E-state index contributed by atoms with van der Waals surface area (Å²) in [6.45, 7) is 7.61. The molecule has 0 bridgehead atoms. The van der Waals surface area contributed by atoms with E-state index < -0.39 is 5.82 Å². The van der Waals surface area contributed by atoms with Gasteiger partial charge in [0.2, 0.25) is 5.82 Å². The molecule has 8 nitrogen and oxygen atoms in total. The number of H-pyrrole nitrogens is 1. The van der Waals surface area contributed by atoms with E-state index in [1.54, 1.807) is 35.0 Å². The van der Waals surface area contributed by atoms with E-state index in [9.17, 15) is 9.18 Å². The van der Waals surface area contributed by atoms with Crippen molar-refractivity contribution >= 4 is 5.65 Å². The fourth-order valence-corrected chi connectivity index (χ4v) is 4.71. The van der Waals surface area contributed by atoms with Gasteiger partial charge in [-0.2, -0.15) is 10.1 Å². The first-order valence-corrected chi connectivity index (χ1v) is 11.2. The molecule has 0 spiro atoms. The Morgan fingerprint density at radius 1 is 1.24 bits per heavy atom. The maximum Gasteiger partial charge on any atom is 0.263 e. The fraction of sp³-hybridized carbons (Fsp3) is 0.417. The zero-order valence-corrected chi connectivity index (χ0v) is 18.9. The average molecular weight is 451 g/mol. The molecule has 0 unspecified atom stereocenters. The molecular formula is C24H27FN6O2. The van der Waals surface area contributed by atoms with Gasteiger partial charge in [-0.25, -0.2) is 8.91 Å². The minimum Gasteiger partial charge on any atom is -0.333 e. The molecule has 0 amide bonds. The lowest BCUT2D eigenvalue weighted by molar-refractivity contribution is 0.257.